The minimum absolute atomic E-state index is 0.0652. The summed E-state index contributed by atoms with van der Waals surface area (Å²) in [6, 6.07) is 5.50. The highest BCUT2D eigenvalue weighted by Gasteiger charge is 2.40. The minimum atomic E-state index is -3.54. The van der Waals surface area contributed by atoms with Gasteiger partial charge in [-0.25, -0.2) is 13.1 Å². The predicted molar refractivity (Wildman–Crippen MR) is 79.0 cm³/mol. The Morgan fingerprint density at radius 3 is 2.23 bits per heavy atom. The molecule has 0 spiro atoms. The number of rotatable bonds is 6. The van der Waals surface area contributed by atoms with Gasteiger partial charge in [0.15, 0.2) is 0 Å². The van der Waals surface area contributed by atoms with Crippen LogP contribution in [0.25, 0.3) is 0 Å². The van der Waals surface area contributed by atoms with Crippen molar-refractivity contribution in [1.82, 2.24) is 10.0 Å². The summed E-state index contributed by atoms with van der Waals surface area (Å²) in [6.07, 6.45) is 2.05. The molecule has 0 saturated heterocycles. The first kappa shape index (κ1) is 16.4. The van der Waals surface area contributed by atoms with E-state index in [0.29, 0.717) is 18.4 Å². The average molecular weight is 326 g/mol. The number of carboxylic acids is 1. The maximum absolute atomic E-state index is 12.2. The van der Waals surface area contributed by atoms with Crippen molar-refractivity contribution < 1.29 is 23.1 Å². The van der Waals surface area contributed by atoms with Crippen LogP contribution in [0.5, 0.6) is 0 Å². The third-order valence-electron chi connectivity index (χ3n) is 3.87. The van der Waals surface area contributed by atoms with Crippen molar-refractivity contribution in [3.8, 4) is 0 Å². The quantitative estimate of drug-likeness (QED) is 0.713. The van der Waals surface area contributed by atoms with E-state index in [4.69, 9.17) is 5.11 Å². The lowest BCUT2D eigenvalue weighted by Crippen LogP contribution is -2.54. The number of aliphatic carboxylic acids is 1. The summed E-state index contributed by atoms with van der Waals surface area (Å²) in [7, 11) is -2.24. The van der Waals surface area contributed by atoms with Crippen molar-refractivity contribution >= 4 is 21.9 Å². The molecule has 0 aliphatic heterocycles. The van der Waals surface area contributed by atoms with Crippen LogP contribution in [-0.4, -0.2) is 38.0 Å². The summed E-state index contributed by atoms with van der Waals surface area (Å²) < 4.78 is 25.4. The zero-order chi connectivity index (χ0) is 16.4. The molecule has 22 heavy (non-hydrogen) atoms. The third-order valence-corrected chi connectivity index (χ3v) is 5.30. The molecule has 3 N–H and O–H groups in total. The minimum Gasteiger partial charge on any atom is -0.481 e. The Morgan fingerprint density at radius 2 is 1.82 bits per heavy atom. The summed E-state index contributed by atoms with van der Waals surface area (Å²) in [4.78, 5) is 23.2. The molecule has 1 fully saturated rings. The zero-order valence-electron chi connectivity index (χ0n) is 12.1. The van der Waals surface area contributed by atoms with Gasteiger partial charge in [-0.15, -0.1) is 0 Å². The molecule has 7 nitrogen and oxygen atoms in total. The maximum atomic E-state index is 12.2. The Balaban J connectivity index is 2.12. The smallest absolute Gasteiger partial charge is 0.305 e. The van der Waals surface area contributed by atoms with Crippen LogP contribution in [0.1, 0.15) is 36.0 Å². The monoisotopic (exact) mass is 326 g/mol. The van der Waals surface area contributed by atoms with Crippen molar-refractivity contribution in [3.63, 3.8) is 0 Å². The number of carbonyl (C=O) groups is 2. The van der Waals surface area contributed by atoms with Gasteiger partial charge >= 0.3 is 5.97 Å². The van der Waals surface area contributed by atoms with Crippen LogP contribution < -0.4 is 10.0 Å². The van der Waals surface area contributed by atoms with E-state index < -0.39 is 27.4 Å². The molecule has 1 aromatic carbocycles. The van der Waals surface area contributed by atoms with Crippen LogP contribution in [0.3, 0.4) is 0 Å². The second-order valence-corrected chi connectivity index (χ2v) is 7.28. The van der Waals surface area contributed by atoms with Crippen molar-refractivity contribution in [2.24, 2.45) is 0 Å². The number of carbonyl (C=O) groups excluding carboxylic acids is 1. The molecule has 8 heteroatoms. The lowest BCUT2D eigenvalue weighted by atomic mass is 9.74. The molecule has 1 aliphatic carbocycles. The van der Waals surface area contributed by atoms with E-state index in [2.05, 4.69) is 10.0 Å². The number of nitrogens with one attached hydrogen (secondary N) is 2. The molecular weight excluding hydrogens is 308 g/mol. The van der Waals surface area contributed by atoms with Gasteiger partial charge in [-0.1, -0.05) is 0 Å². The van der Waals surface area contributed by atoms with E-state index in [1.807, 2.05) is 0 Å². The number of hydrogen-bond donors (Lipinski definition) is 3. The predicted octanol–water partition coefficient (Wildman–Crippen LogP) is 0.722. The average Bonchev–Trinajstić information content (AvgIpc) is 2.44. The van der Waals surface area contributed by atoms with Gasteiger partial charge in [-0.2, -0.15) is 0 Å². The Hall–Kier alpha value is -1.93. The van der Waals surface area contributed by atoms with Crippen molar-refractivity contribution in [2.45, 2.75) is 36.1 Å². The lowest BCUT2D eigenvalue weighted by molar-refractivity contribution is -0.139. The number of hydrogen-bond acceptors (Lipinski definition) is 4. The highest BCUT2D eigenvalue weighted by molar-refractivity contribution is 7.89. The lowest BCUT2D eigenvalue weighted by Gasteiger charge is -2.41. The van der Waals surface area contributed by atoms with Gasteiger partial charge in [0, 0.05) is 5.56 Å². The van der Waals surface area contributed by atoms with E-state index in [1.54, 1.807) is 0 Å². The van der Waals surface area contributed by atoms with Gasteiger partial charge < -0.3 is 10.4 Å². The van der Waals surface area contributed by atoms with Gasteiger partial charge in [0.05, 0.1) is 16.9 Å². The van der Waals surface area contributed by atoms with Crippen molar-refractivity contribution in [2.75, 3.05) is 7.05 Å². The summed E-state index contributed by atoms with van der Waals surface area (Å²) in [5, 5.41) is 11.7. The van der Waals surface area contributed by atoms with Gasteiger partial charge in [0.2, 0.25) is 10.0 Å². The van der Waals surface area contributed by atoms with Crippen LogP contribution in [0.2, 0.25) is 0 Å². The van der Waals surface area contributed by atoms with E-state index >= 15 is 0 Å². The molecule has 1 aromatic rings. The van der Waals surface area contributed by atoms with Crippen molar-refractivity contribution in [1.29, 1.82) is 0 Å². The normalized spacial score (nSPS) is 16.6. The Kier molecular flexibility index (Phi) is 4.52. The van der Waals surface area contributed by atoms with Gasteiger partial charge in [-0.05, 0) is 50.6 Å². The van der Waals surface area contributed by atoms with E-state index in [1.165, 1.54) is 31.3 Å². The van der Waals surface area contributed by atoms with Crippen LogP contribution in [-0.2, 0) is 14.8 Å². The fraction of sp³-hybridized carbons (Fsp3) is 0.429. The van der Waals surface area contributed by atoms with Gasteiger partial charge in [0.25, 0.3) is 5.91 Å². The standard InChI is InChI=1S/C14H18N2O5S/c1-15-22(20,21)11-5-3-10(4-6-11)13(19)16-14(7-2-8-14)9-12(17)18/h3-6,15H,2,7-9H2,1H3,(H,16,19)(H,17,18). The molecule has 120 valence electrons. The fourth-order valence-electron chi connectivity index (χ4n) is 2.46. The molecular formula is C14H18N2O5S. The van der Waals surface area contributed by atoms with E-state index in [0.717, 1.165) is 6.42 Å². The van der Waals surface area contributed by atoms with Gasteiger partial charge in [0.1, 0.15) is 0 Å². The number of sulfonamides is 1. The van der Waals surface area contributed by atoms with E-state index in [9.17, 15) is 18.0 Å². The molecule has 1 saturated carbocycles. The van der Waals surface area contributed by atoms with E-state index in [-0.39, 0.29) is 11.3 Å². The zero-order valence-corrected chi connectivity index (χ0v) is 12.9. The molecule has 2 rings (SSSR count). The van der Waals surface area contributed by atoms with Crippen molar-refractivity contribution in [3.05, 3.63) is 29.8 Å². The first-order chi connectivity index (χ1) is 10.3. The topological polar surface area (TPSA) is 113 Å². The van der Waals surface area contributed by atoms with Gasteiger partial charge in [-0.3, -0.25) is 9.59 Å². The fourth-order valence-corrected chi connectivity index (χ4v) is 3.19. The second-order valence-electron chi connectivity index (χ2n) is 5.39. The van der Waals surface area contributed by atoms with Crippen LogP contribution in [0, 0.1) is 0 Å². The molecule has 0 aromatic heterocycles. The first-order valence-corrected chi connectivity index (χ1v) is 8.34. The number of benzene rings is 1. The van der Waals surface area contributed by atoms with Crippen LogP contribution in [0.4, 0.5) is 0 Å². The maximum Gasteiger partial charge on any atom is 0.305 e. The molecule has 1 amide bonds. The highest BCUT2D eigenvalue weighted by Crippen LogP contribution is 2.35. The Labute approximate surface area is 128 Å². The SMILES string of the molecule is CNS(=O)(=O)c1ccc(C(=O)NC2(CC(=O)O)CCC2)cc1. The largest absolute Gasteiger partial charge is 0.481 e. The summed E-state index contributed by atoms with van der Waals surface area (Å²) in [6.45, 7) is 0. The molecule has 0 heterocycles. The van der Waals surface area contributed by atoms with Crippen LogP contribution >= 0.6 is 0 Å². The number of amides is 1. The molecule has 0 atom stereocenters. The molecule has 0 bridgehead atoms. The summed E-state index contributed by atoms with van der Waals surface area (Å²) >= 11 is 0. The second kappa shape index (κ2) is 6.05. The summed E-state index contributed by atoms with van der Waals surface area (Å²) in [5.41, 5.74) is -0.384. The highest BCUT2D eigenvalue weighted by atomic mass is 32.2. The number of carboxylic acid groups (broad SMARTS) is 1. The third kappa shape index (κ3) is 3.45. The Bertz CT molecular complexity index is 678. The molecule has 0 unspecified atom stereocenters. The Morgan fingerprint density at radius 1 is 1.23 bits per heavy atom. The molecule has 1 aliphatic rings. The molecule has 0 radical (unpaired) electrons. The van der Waals surface area contributed by atoms with Crippen LogP contribution in [0.15, 0.2) is 29.2 Å². The summed E-state index contributed by atoms with van der Waals surface area (Å²) in [5.74, 6) is -1.34. The first-order valence-electron chi connectivity index (χ1n) is 6.86.